The number of rotatable bonds is 6. The van der Waals surface area contributed by atoms with Gasteiger partial charge in [-0.15, -0.1) is 0 Å². The summed E-state index contributed by atoms with van der Waals surface area (Å²) in [5, 5.41) is 0.528. The Balaban J connectivity index is 2.02. The van der Waals surface area contributed by atoms with Crippen molar-refractivity contribution >= 4 is 29.0 Å². The molecular formula is C27H25ClN4O. The monoisotopic (exact) mass is 456 g/mol. The van der Waals surface area contributed by atoms with Crippen molar-refractivity contribution in [2.75, 3.05) is 4.90 Å². The van der Waals surface area contributed by atoms with Gasteiger partial charge >= 0.3 is 6.03 Å². The molecule has 4 rings (SSSR count). The summed E-state index contributed by atoms with van der Waals surface area (Å²) in [6.07, 6.45) is 3.15. The van der Waals surface area contributed by atoms with Gasteiger partial charge in [-0.2, -0.15) is 0 Å². The van der Waals surface area contributed by atoms with Crippen molar-refractivity contribution < 1.29 is 4.79 Å². The third kappa shape index (κ3) is 4.45. The SMILES string of the molecule is CCc1cccc(CC)c1N(C(N)=O)c1cnc(-c2ccccc2)nc1-c1ccccc1Cl. The quantitative estimate of drug-likeness (QED) is 0.346. The number of hydrogen-bond donors (Lipinski definition) is 1. The highest BCUT2D eigenvalue weighted by atomic mass is 35.5. The lowest BCUT2D eigenvalue weighted by molar-refractivity contribution is 0.256. The number of carbonyl (C=O) groups is 1. The van der Waals surface area contributed by atoms with E-state index < -0.39 is 6.03 Å². The van der Waals surface area contributed by atoms with Crippen molar-refractivity contribution in [1.82, 2.24) is 9.97 Å². The van der Waals surface area contributed by atoms with Crippen LogP contribution in [0.1, 0.15) is 25.0 Å². The van der Waals surface area contributed by atoms with Crippen LogP contribution < -0.4 is 10.6 Å². The zero-order valence-corrected chi connectivity index (χ0v) is 19.4. The first-order chi connectivity index (χ1) is 16.0. The molecule has 0 saturated heterocycles. The minimum Gasteiger partial charge on any atom is -0.351 e. The number of nitrogens with two attached hydrogens (primary N) is 1. The van der Waals surface area contributed by atoms with Crippen LogP contribution in [-0.2, 0) is 12.8 Å². The van der Waals surface area contributed by atoms with Crippen LogP contribution in [0.5, 0.6) is 0 Å². The number of carbonyl (C=O) groups excluding carboxylic acids is 1. The number of aromatic nitrogens is 2. The maximum Gasteiger partial charge on any atom is 0.324 e. The minimum absolute atomic E-state index is 0.492. The average Bonchev–Trinajstić information content (AvgIpc) is 2.85. The molecule has 0 aliphatic carbocycles. The van der Waals surface area contributed by atoms with Crippen LogP contribution in [-0.4, -0.2) is 16.0 Å². The van der Waals surface area contributed by atoms with Gasteiger partial charge in [0.15, 0.2) is 5.82 Å². The van der Waals surface area contributed by atoms with E-state index in [0.717, 1.165) is 35.2 Å². The predicted octanol–water partition coefficient (Wildman–Crippen LogP) is 6.81. The second-order valence-corrected chi connectivity index (χ2v) is 7.99. The Kier molecular flexibility index (Phi) is 6.71. The molecule has 0 bridgehead atoms. The second kappa shape index (κ2) is 9.84. The normalized spacial score (nSPS) is 10.8. The summed E-state index contributed by atoms with van der Waals surface area (Å²) in [6.45, 7) is 4.11. The van der Waals surface area contributed by atoms with Crippen molar-refractivity contribution in [2.24, 2.45) is 5.73 Å². The molecule has 0 saturated carbocycles. The number of benzene rings is 3. The molecule has 0 aliphatic heterocycles. The second-order valence-electron chi connectivity index (χ2n) is 7.58. The molecule has 33 heavy (non-hydrogen) atoms. The Morgan fingerprint density at radius 2 is 1.55 bits per heavy atom. The fourth-order valence-electron chi connectivity index (χ4n) is 3.97. The third-order valence-corrected chi connectivity index (χ3v) is 5.91. The van der Waals surface area contributed by atoms with Gasteiger partial charge in [-0.05, 0) is 30.0 Å². The summed E-state index contributed by atoms with van der Waals surface area (Å²) in [5.74, 6) is 0.540. The average molecular weight is 457 g/mol. The molecule has 0 radical (unpaired) electrons. The van der Waals surface area contributed by atoms with E-state index in [4.69, 9.17) is 22.3 Å². The molecule has 0 aliphatic rings. The summed E-state index contributed by atoms with van der Waals surface area (Å²) >= 11 is 6.58. The van der Waals surface area contributed by atoms with Gasteiger partial charge in [0.25, 0.3) is 0 Å². The molecule has 0 fully saturated rings. The molecule has 0 atom stereocenters. The maximum atomic E-state index is 12.9. The first kappa shape index (κ1) is 22.5. The summed E-state index contributed by atoms with van der Waals surface area (Å²) in [6, 6.07) is 22.6. The number of nitrogens with zero attached hydrogens (tertiary/aromatic N) is 3. The Hall–Kier alpha value is -3.70. The molecule has 2 N–H and O–H groups in total. The zero-order valence-electron chi connectivity index (χ0n) is 18.6. The molecule has 4 aromatic rings. The summed E-state index contributed by atoms with van der Waals surface area (Å²) in [5.41, 5.74) is 11.4. The smallest absolute Gasteiger partial charge is 0.324 e. The highest BCUT2D eigenvalue weighted by Gasteiger charge is 2.26. The molecule has 2 amide bonds. The van der Waals surface area contributed by atoms with Gasteiger partial charge in [-0.3, -0.25) is 4.90 Å². The highest BCUT2D eigenvalue weighted by Crippen LogP contribution is 2.40. The van der Waals surface area contributed by atoms with Crippen LogP contribution in [0.3, 0.4) is 0 Å². The molecule has 1 aromatic heterocycles. The van der Waals surface area contributed by atoms with E-state index in [0.29, 0.717) is 27.8 Å². The molecule has 5 nitrogen and oxygen atoms in total. The molecular weight excluding hydrogens is 432 g/mol. The number of hydrogen-bond acceptors (Lipinski definition) is 3. The van der Waals surface area contributed by atoms with Crippen LogP contribution in [0.25, 0.3) is 22.6 Å². The lowest BCUT2D eigenvalue weighted by Crippen LogP contribution is -2.33. The molecule has 6 heteroatoms. The fraction of sp³-hybridized carbons (Fsp3) is 0.148. The highest BCUT2D eigenvalue weighted by molar-refractivity contribution is 6.33. The first-order valence-electron chi connectivity index (χ1n) is 10.9. The largest absolute Gasteiger partial charge is 0.351 e. The number of aryl methyl sites for hydroxylation is 2. The first-order valence-corrected chi connectivity index (χ1v) is 11.3. The van der Waals surface area contributed by atoms with Crippen LogP contribution in [0.15, 0.2) is 79.0 Å². The third-order valence-electron chi connectivity index (χ3n) is 5.58. The van der Waals surface area contributed by atoms with Crippen LogP contribution >= 0.6 is 11.6 Å². The number of primary amides is 1. The number of anilines is 2. The van der Waals surface area contributed by atoms with E-state index in [1.807, 2.05) is 66.7 Å². The Labute approximate surface area is 198 Å². The van der Waals surface area contributed by atoms with Crippen molar-refractivity contribution in [3.63, 3.8) is 0 Å². The van der Waals surface area contributed by atoms with Crippen molar-refractivity contribution in [3.05, 3.63) is 95.1 Å². The van der Waals surface area contributed by atoms with Gasteiger partial charge in [0.05, 0.1) is 22.6 Å². The van der Waals surface area contributed by atoms with Gasteiger partial charge in [-0.1, -0.05) is 92.2 Å². The predicted molar refractivity (Wildman–Crippen MR) is 135 cm³/mol. The fourth-order valence-corrected chi connectivity index (χ4v) is 4.19. The molecule has 166 valence electrons. The standard InChI is InChI=1S/C27H25ClN4O/c1-3-18-13-10-14-19(4-2)25(18)32(27(29)33)23-17-30-26(20-11-6-5-7-12-20)31-24(23)21-15-8-9-16-22(21)28/h5-17H,3-4H2,1-2H3,(H2,29,33). The van der Waals surface area contributed by atoms with Gasteiger partial charge < -0.3 is 5.73 Å². The van der Waals surface area contributed by atoms with Crippen molar-refractivity contribution in [3.8, 4) is 22.6 Å². The van der Waals surface area contributed by atoms with Crippen molar-refractivity contribution in [2.45, 2.75) is 26.7 Å². The van der Waals surface area contributed by atoms with E-state index in [1.165, 1.54) is 4.90 Å². The van der Waals surface area contributed by atoms with E-state index in [1.54, 1.807) is 12.3 Å². The van der Waals surface area contributed by atoms with E-state index in [2.05, 4.69) is 18.8 Å². The molecule has 3 aromatic carbocycles. The molecule has 0 unspecified atom stereocenters. The lowest BCUT2D eigenvalue weighted by atomic mass is 10.0. The van der Waals surface area contributed by atoms with E-state index >= 15 is 0 Å². The molecule has 0 spiro atoms. The Morgan fingerprint density at radius 3 is 2.15 bits per heavy atom. The van der Waals surface area contributed by atoms with Gasteiger partial charge in [-0.25, -0.2) is 14.8 Å². The number of halogens is 1. The van der Waals surface area contributed by atoms with Gasteiger partial charge in [0, 0.05) is 11.1 Å². The number of para-hydroxylation sites is 1. The topological polar surface area (TPSA) is 72.1 Å². The van der Waals surface area contributed by atoms with Crippen LogP contribution in [0.4, 0.5) is 16.2 Å². The summed E-state index contributed by atoms with van der Waals surface area (Å²) < 4.78 is 0. The number of amides is 2. The van der Waals surface area contributed by atoms with Gasteiger partial charge in [0.1, 0.15) is 5.69 Å². The van der Waals surface area contributed by atoms with Crippen molar-refractivity contribution in [1.29, 1.82) is 0 Å². The van der Waals surface area contributed by atoms with E-state index in [-0.39, 0.29) is 0 Å². The van der Waals surface area contributed by atoms with Crippen LogP contribution in [0.2, 0.25) is 5.02 Å². The van der Waals surface area contributed by atoms with Crippen LogP contribution in [0, 0.1) is 0 Å². The number of urea groups is 1. The maximum absolute atomic E-state index is 12.9. The van der Waals surface area contributed by atoms with E-state index in [9.17, 15) is 4.79 Å². The summed E-state index contributed by atoms with van der Waals surface area (Å²) in [7, 11) is 0. The molecule has 1 heterocycles. The zero-order chi connectivity index (χ0) is 23.4. The minimum atomic E-state index is -0.602. The Bertz CT molecular complexity index is 1270. The van der Waals surface area contributed by atoms with Gasteiger partial charge in [0.2, 0.25) is 0 Å². The summed E-state index contributed by atoms with van der Waals surface area (Å²) in [4.78, 5) is 23.9. The Morgan fingerprint density at radius 1 is 0.909 bits per heavy atom. The lowest BCUT2D eigenvalue weighted by Gasteiger charge is -2.27.